The van der Waals surface area contributed by atoms with Crippen LogP contribution in [0.4, 0.5) is 0 Å². The largest absolute Gasteiger partial charge is 0.489 e. The summed E-state index contributed by atoms with van der Waals surface area (Å²) in [6.07, 6.45) is 1.04. The molecule has 1 atom stereocenters. The Labute approximate surface area is 202 Å². The number of halogens is 1. The predicted molar refractivity (Wildman–Crippen MR) is 131 cm³/mol. The summed E-state index contributed by atoms with van der Waals surface area (Å²) in [6.45, 7) is 4.51. The molecule has 0 fully saturated rings. The second kappa shape index (κ2) is 12.1. The van der Waals surface area contributed by atoms with E-state index in [1.807, 2.05) is 48.5 Å². The molecule has 0 aliphatic carbocycles. The van der Waals surface area contributed by atoms with E-state index in [2.05, 4.69) is 40.6 Å². The van der Waals surface area contributed by atoms with Crippen LogP contribution < -0.4 is 20.3 Å². The van der Waals surface area contributed by atoms with Crippen molar-refractivity contribution in [1.82, 2.24) is 10.9 Å². The highest BCUT2D eigenvalue weighted by atomic mass is 79.9. The quantitative estimate of drug-likeness (QED) is 0.378. The maximum Gasteiger partial charge on any atom is 0.276 e. The predicted octanol–water partition coefficient (Wildman–Crippen LogP) is 5.38. The van der Waals surface area contributed by atoms with E-state index in [1.165, 1.54) is 5.56 Å². The van der Waals surface area contributed by atoms with Crippen molar-refractivity contribution in [2.75, 3.05) is 6.61 Å². The van der Waals surface area contributed by atoms with Gasteiger partial charge in [-0.25, -0.2) is 0 Å². The maximum atomic E-state index is 12.3. The van der Waals surface area contributed by atoms with E-state index >= 15 is 0 Å². The third-order valence-corrected chi connectivity index (χ3v) is 5.80. The van der Waals surface area contributed by atoms with Gasteiger partial charge in [-0.15, -0.1) is 0 Å². The molecule has 2 amide bonds. The van der Waals surface area contributed by atoms with Gasteiger partial charge >= 0.3 is 0 Å². The molecule has 172 valence electrons. The number of amides is 2. The minimum absolute atomic E-state index is 0.228. The standard InChI is InChI=1S/C26H27BrN2O4/c1-3-18(2)21-11-14-24(23(27)15-21)33-17-25(30)28-29-26(31)20-9-12-22(13-10-20)32-16-19-7-5-4-6-8-19/h4-15,18H,3,16-17H2,1-2H3,(H,28,30)(H,29,31). The number of rotatable bonds is 9. The average molecular weight is 511 g/mol. The van der Waals surface area contributed by atoms with Gasteiger partial charge in [0.05, 0.1) is 4.47 Å². The molecule has 2 N–H and O–H groups in total. The fourth-order valence-electron chi connectivity index (χ4n) is 3.00. The fraction of sp³-hybridized carbons (Fsp3) is 0.231. The zero-order valence-electron chi connectivity index (χ0n) is 18.6. The lowest BCUT2D eigenvalue weighted by Gasteiger charge is -2.13. The van der Waals surface area contributed by atoms with Crippen molar-refractivity contribution in [3.8, 4) is 11.5 Å². The minimum Gasteiger partial charge on any atom is -0.489 e. The lowest BCUT2D eigenvalue weighted by atomic mass is 9.99. The summed E-state index contributed by atoms with van der Waals surface area (Å²) in [5.41, 5.74) is 7.40. The molecule has 6 nitrogen and oxygen atoms in total. The average Bonchev–Trinajstić information content (AvgIpc) is 2.85. The smallest absolute Gasteiger partial charge is 0.276 e. The van der Waals surface area contributed by atoms with Crippen molar-refractivity contribution in [1.29, 1.82) is 0 Å². The van der Waals surface area contributed by atoms with Crippen LogP contribution in [0.5, 0.6) is 11.5 Å². The van der Waals surface area contributed by atoms with Crippen LogP contribution in [0, 0.1) is 0 Å². The topological polar surface area (TPSA) is 76.7 Å². The van der Waals surface area contributed by atoms with Crippen LogP contribution >= 0.6 is 15.9 Å². The van der Waals surface area contributed by atoms with Crippen molar-refractivity contribution in [3.63, 3.8) is 0 Å². The first-order valence-electron chi connectivity index (χ1n) is 10.7. The molecule has 0 radical (unpaired) electrons. The van der Waals surface area contributed by atoms with Gasteiger partial charge < -0.3 is 9.47 Å². The number of hydrazine groups is 1. The van der Waals surface area contributed by atoms with Gasteiger partial charge in [0.15, 0.2) is 6.61 Å². The molecule has 0 saturated heterocycles. The molecule has 33 heavy (non-hydrogen) atoms. The monoisotopic (exact) mass is 510 g/mol. The summed E-state index contributed by atoms with van der Waals surface area (Å²) in [6, 6.07) is 22.3. The van der Waals surface area contributed by atoms with E-state index in [0.29, 0.717) is 29.6 Å². The molecule has 0 saturated carbocycles. The first-order valence-corrected chi connectivity index (χ1v) is 11.5. The highest BCUT2D eigenvalue weighted by Gasteiger charge is 2.11. The Morgan fingerprint density at radius 2 is 1.67 bits per heavy atom. The molecule has 3 aromatic carbocycles. The molecule has 7 heteroatoms. The number of hydrogen-bond donors (Lipinski definition) is 2. The van der Waals surface area contributed by atoms with Gasteiger partial charge in [-0.1, -0.05) is 50.2 Å². The summed E-state index contributed by atoms with van der Waals surface area (Å²) in [5, 5.41) is 0. The van der Waals surface area contributed by atoms with Gasteiger partial charge in [0, 0.05) is 5.56 Å². The molecular weight excluding hydrogens is 484 g/mol. The zero-order valence-corrected chi connectivity index (χ0v) is 20.2. The van der Waals surface area contributed by atoms with Crippen LogP contribution in [-0.2, 0) is 11.4 Å². The van der Waals surface area contributed by atoms with Gasteiger partial charge in [0.2, 0.25) is 0 Å². The zero-order chi connectivity index (χ0) is 23.6. The number of carbonyl (C=O) groups excluding carboxylic acids is 2. The Morgan fingerprint density at radius 1 is 0.939 bits per heavy atom. The van der Waals surface area contributed by atoms with Crippen LogP contribution in [0.25, 0.3) is 0 Å². The summed E-state index contributed by atoms with van der Waals surface area (Å²) >= 11 is 3.48. The molecule has 0 spiro atoms. The Kier molecular flexibility index (Phi) is 8.89. The first-order chi connectivity index (χ1) is 16.0. The van der Waals surface area contributed by atoms with Gasteiger partial charge in [-0.05, 0) is 75.8 Å². The maximum absolute atomic E-state index is 12.3. The Bertz CT molecular complexity index is 1070. The number of carbonyl (C=O) groups is 2. The molecule has 3 rings (SSSR count). The molecule has 0 aliphatic heterocycles. The van der Waals surface area contributed by atoms with E-state index in [0.717, 1.165) is 16.5 Å². The van der Waals surface area contributed by atoms with Crippen molar-refractivity contribution < 1.29 is 19.1 Å². The van der Waals surface area contributed by atoms with E-state index in [-0.39, 0.29) is 6.61 Å². The van der Waals surface area contributed by atoms with Crippen molar-refractivity contribution in [2.45, 2.75) is 32.8 Å². The van der Waals surface area contributed by atoms with E-state index < -0.39 is 11.8 Å². The highest BCUT2D eigenvalue weighted by Crippen LogP contribution is 2.30. The third kappa shape index (κ3) is 7.36. The number of nitrogens with one attached hydrogen (secondary N) is 2. The second-order valence-corrected chi connectivity index (χ2v) is 8.44. The van der Waals surface area contributed by atoms with Gasteiger partial charge in [0.1, 0.15) is 18.1 Å². The Hall–Kier alpha value is -3.32. The molecule has 0 bridgehead atoms. The molecule has 3 aromatic rings. The summed E-state index contributed by atoms with van der Waals surface area (Å²) in [5.74, 6) is 0.756. The Balaban J connectivity index is 1.43. The van der Waals surface area contributed by atoms with Crippen LogP contribution in [0.2, 0.25) is 0 Å². The van der Waals surface area contributed by atoms with Crippen molar-refractivity contribution in [3.05, 3.63) is 94.0 Å². The highest BCUT2D eigenvalue weighted by molar-refractivity contribution is 9.10. The lowest BCUT2D eigenvalue weighted by molar-refractivity contribution is -0.123. The van der Waals surface area contributed by atoms with Crippen LogP contribution in [0.3, 0.4) is 0 Å². The summed E-state index contributed by atoms with van der Waals surface area (Å²) in [4.78, 5) is 24.4. The normalized spacial score (nSPS) is 11.4. The van der Waals surface area contributed by atoms with Crippen LogP contribution in [0.1, 0.15) is 47.7 Å². The number of hydrogen-bond acceptors (Lipinski definition) is 4. The third-order valence-electron chi connectivity index (χ3n) is 5.18. The molecular formula is C26H27BrN2O4. The summed E-state index contributed by atoms with van der Waals surface area (Å²) < 4.78 is 12.1. The van der Waals surface area contributed by atoms with E-state index in [9.17, 15) is 9.59 Å². The first kappa shape index (κ1) is 24.3. The molecule has 0 aromatic heterocycles. The van der Waals surface area contributed by atoms with Crippen molar-refractivity contribution >= 4 is 27.7 Å². The minimum atomic E-state index is -0.468. The van der Waals surface area contributed by atoms with Gasteiger partial charge in [0.25, 0.3) is 11.8 Å². The SMILES string of the molecule is CCC(C)c1ccc(OCC(=O)NNC(=O)c2ccc(OCc3ccccc3)cc2)c(Br)c1. The Morgan fingerprint density at radius 3 is 2.33 bits per heavy atom. The van der Waals surface area contributed by atoms with Gasteiger partial charge in [-0.3, -0.25) is 20.4 Å². The fourth-order valence-corrected chi connectivity index (χ4v) is 3.51. The number of benzene rings is 3. The second-order valence-electron chi connectivity index (χ2n) is 7.59. The van der Waals surface area contributed by atoms with Crippen LogP contribution in [0.15, 0.2) is 77.3 Å². The van der Waals surface area contributed by atoms with Gasteiger partial charge in [-0.2, -0.15) is 0 Å². The lowest BCUT2D eigenvalue weighted by Crippen LogP contribution is -2.43. The molecule has 0 heterocycles. The van der Waals surface area contributed by atoms with E-state index in [1.54, 1.807) is 24.3 Å². The van der Waals surface area contributed by atoms with Crippen molar-refractivity contribution in [2.24, 2.45) is 0 Å². The molecule has 1 unspecified atom stereocenters. The van der Waals surface area contributed by atoms with Crippen LogP contribution in [-0.4, -0.2) is 18.4 Å². The number of ether oxygens (including phenoxy) is 2. The van der Waals surface area contributed by atoms with E-state index in [4.69, 9.17) is 9.47 Å². The molecule has 0 aliphatic rings. The summed E-state index contributed by atoms with van der Waals surface area (Å²) in [7, 11) is 0.